The minimum Gasteiger partial charge on any atom is -0.490 e. The zero-order valence-corrected chi connectivity index (χ0v) is 25.8. The predicted octanol–water partition coefficient (Wildman–Crippen LogP) is 5.87. The van der Waals surface area contributed by atoms with E-state index in [1.807, 2.05) is 13.8 Å². The van der Waals surface area contributed by atoms with Crippen LogP contribution >= 0.6 is 11.6 Å². The quantitative estimate of drug-likeness (QED) is 0.164. The number of benzene rings is 3. The molecule has 1 aliphatic rings. The molecule has 1 heterocycles. The molecular formula is C33H33ClN2O9. The van der Waals surface area contributed by atoms with Crippen molar-refractivity contribution in [2.24, 2.45) is 0 Å². The molecule has 4 rings (SSSR count). The Hall–Kier alpha value is -5.03. The minimum absolute atomic E-state index is 0.0782. The maximum absolute atomic E-state index is 13.5. The van der Waals surface area contributed by atoms with Gasteiger partial charge in [-0.1, -0.05) is 36.7 Å². The zero-order chi connectivity index (χ0) is 32.5. The fraction of sp³-hybridized carbons (Fsp3) is 0.273. The number of nitrogens with one attached hydrogen (secondary N) is 1. The normalized spacial score (nSPS) is 13.9. The number of ether oxygens (including phenoxy) is 4. The van der Waals surface area contributed by atoms with Gasteiger partial charge in [-0.2, -0.15) is 0 Å². The number of carbonyl (C=O) groups excluding carboxylic acids is 3. The third kappa shape index (κ3) is 8.12. The van der Waals surface area contributed by atoms with E-state index in [1.54, 1.807) is 43.3 Å². The van der Waals surface area contributed by atoms with Crippen molar-refractivity contribution in [1.29, 1.82) is 0 Å². The number of nitrogens with zero attached hydrogens (tertiary/aromatic N) is 1. The summed E-state index contributed by atoms with van der Waals surface area (Å²) in [4.78, 5) is 51.0. The van der Waals surface area contributed by atoms with Gasteiger partial charge in [0, 0.05) is 0 Å². The van der Waals surface area contributed by atoms with Gasteiger partial charge in [0.05, 0.1) is 37.0 Å². The van der Waals surface area contributed by atoms with Crippen LogP contribution in [-0.2, 0) is 22.7 Å². The maximum Gasteiger partial charge on any atom is 0.335 e. The summed E-state index contributed by atoms with van der Waals surface area (Å²) >= 11 is 6.55. The van der Waals surface area contributed by atoms with Gasteiger partial charge in [-0.05, 0) is 79.4 Å². The molecule has 0 bridgehead atoms. The largest absolute Gasteiger partial charge is 0.490 e. The number of aromatic carboxylic acids is 1. The molecule has 2 N–H and O–H groups in total. The standard InChI is InChI=1S/C33H33ClN2O9/c1-4-13-44-26-12-9-21(16-27(26)42-5-2)18-36-31(38)24(30(37)35-33(36)41)14-22-15-25(34)29(28(17-22)43-6-3)45-19-20-7-10-23(11-8-20)32(39)40/h7-12,14-17H,4-6,13,18-19H2,1-3H3,(H,39,40)(H,35,37,41)/b24-14+. The highest BCUT2D eigenvalue weighted by atomic mass is 35.5. The van der Waals surface area contributed by atoms with Crippen molar-refractivity contribution in [3.05, 3.63) is 87.4 Å². The van der Waals surface area contributed by atoms with Gasteiger partial charge < -0.3 is 24.1 Å². The van der Waals surface area contributed by atoms with Gasteiger partial charge in [0.2, 0.25) is 0 Å². The number of carboxylic acid groups (broad SMARTS) is 1. The molecule has 0 unspecified atom stereocenters. The average Bonchev–Trinajstić information content (AvgIpc) is 3.01. The van der Waals surface area contributed by atoms with Gasteiger partial charge in [-0.15, -0.1) is 0 Å². The van der Waals surface area contributed by atoms with E-state index >= 15 is 0 Å². The van der Waals surface area contributed by atoms with Crippen molar-refractivity contribution in [3.8, 4) is 23.0 Å². The molecule has 1 saturated heterocycles. The molecule has 1 aliphatic heterocycles. The first kappa shape index (κ1) is 32.9. The summed E-state index contributed by atoms with van der Waals surface area (Å²) in [6, 6.07) is 13.6. The Morgan fingerprint density at radius 2 is 1.56 bits per heavy atom. The SMILES string of the molecule is CCCOc1ccc(CN2C(=O)NC(=O)/C(=C\c3cc(Cl)c(OCc4ccc(C(=O)O)cc4)c(OCC)c3)C2=O)cc1OCC. The van der Waals surface area contributed by atoms with Crippen molar-refractivity contribution in [2.45, 2.75) is 40.3 Å². The lowest BCUT2D eigenvalue weighted by atomic mass is 10.1. The van der Waals surface area contributed by atoms with E-state index in [9.17, 15) is 19.2 Å². The van der Waals surface area contributed by atoms with Crippen LogP contribution < -0.4 is 24.3 Å². The number of hydrogen-bond acceptors (Lipinski definition) is 8. The van der Waals surface area contributed by atoms with Gasteiger partial charge in [0.15, 0.2) is 23.0 Å². The number of rotatable bonds is 14. The minimum atomic E-state index is -1.03. The highest BCUT2D eigenvalue weighted by molar-refractivity contribution is 6.33. The van der Waals surface area contributed by atoms with E-state index in [0.29, 0.717) is 41.4 Å². The Morgan fingerprint density at radius 3 is 2.22 bits per heavy atom. The molecule has 1 fully saturated rings. The summed E-state index contributed by atoms with van der Waals surface area (Å²) in [6.45, 7) is 6.73. The molecule has 0 spiro atoms. The summed E-state index contributed by atoms with van der Waals surface area (Å²) in [6.07, 6.45) is 2.14. The third-order valence-electron chi connectivity index (χ3n) is 6.52. The topological polar surface area (TPSA) is 141 Å². The highest BCUT2D eigenvalue weighted by Gasteiger charge is 2.36. The Bertz CT molecular complexity index is 1620. The third-order valence-corrected chi connectivity index (χ3v) is 6.80. The summed E-state index contributed by atoms with van der Waals surface area (Å²) < 4.78 is 23.1. The predicted molar refractivity (Wildman–Crippen MR) is 166 cm³/mol. The van der Waals surface area contributed by atoms with E-state index in [2.05, 4.69) is 5.32 Å². The van der Waals surface area contributed by atoms with Crippen LogP contribution in [0.2, 0.25) is 5.02 Å². The van der Waals surface area contributed by atoms with E-state index in [1.165, 1.54) is 24.3 Å². The second-order valence-electron chi connectivity index (χ2n) is 9.82. The summed E-state index contributed by atoms with van der Waals surface area (Å²) in [5, 5.41) is 11.5. The van der Waals surface area contributed by atoms with E-state index < -0.39 is 23.8 Å². The molecule has 0 aliphatic carbocycles. The molecular weight excluding hydrogens is 604 g/mol. The Balaban J connectivity index is 1.57. The van der Waals surface area contributed by atoms with Crippen LogP contribution in [0.4, 0.5) is 4.79 Å². The zero-order valence-electron chi connectivity index (χ0n) is 25.1. The molecule has 11 nitrogen and oxygen atoms in total. The molecule has 3 aromatic rings. The van der Waals surface area contributed by atoms with Crippen LogP contribution in [0, 0.1) is 0 Å². The fourth-order valence-corrected chi connectivity index (χ4v) is 4.68. The Morgan fingerprint density at radius 1 is 0.867 bits per heavy atom. The number of carbonyl (C=O) groups is 4. The molecule has 0 aromatic heterocycles. The molecule has 3 aromatic carbocycles. The van der Waals surface area contributed by atoms with Gasteiger partial charge >= 0.3 is 12.0 Å². The van der Waals surface area contributed by atoms with Crippen molar-refractivity contribution in [3.63, 3.8) is 0 Å². The monoisotopic (exact) mass is 636 g/mol. The second-order valence-corrected chi connectivity index (χ2v) is 10.2. The lowest BCUT2D eigenvalue weighted by molar-refractivity contribution is -0.130. The van der Waals surface area contributed by atoms with Crippen molar-refractivity contribution in [2.75, 3.05) is 19.8 Å². The van der Waals surface area contributed by atoms with Crippen LogP contribution in [0.25, 0.3) is 6.08 Å². The Kier molecular flexibility index (Phi) is 11.0. The number of amides is 4. The fourth-order valence-electron chi connectivity index (χ4n) is 4.41. The van der Waals surface area contributed by atoms with Gasteiger partial charge in [-0.25, -0.2) is 9.59 Å². The number of urea groups is 1. The van der Waals surface area contributed by atoms with Crippen LogP contribution in [0.5, 0.6) is 23.0 Å². The molecule has 12 heteroatoms. The molecule has 0 atom stereocenters. The number of imide groups is 2. The maximum atomic E-state index is 13.5. The molecule has 236 valence electrons. The van der Waals surface area contributed by atoms with Crippen molar-refractivity contribution in [1.82, 2.24) is 10.2 Å². The van der Waals surface area contributed by atoms with Crippen LogP contribution in [0.1, 0.15) is 54.2 Å². The number of halogens is 1. The number of hydrogen-bond donors (Lipinski definition) is 2. The first-order chi connectivity index (χ1) is 21.6. The van der Waals surface area contributed by atoms with Gasteiger partial charge in [0.1, 0.15) is 12.2 Å². The summed E-state index contributed by atoms with van der Waals surface area (Å²) in [5.74, 6) is -1.13. The second kappa shape index (κ2) is 15.1. The first-order valence-corrected chi connectivity index (χ1v) is 14.7. The van der Waals surface area contributed by atoms with Gasteiger partial charge in [0.25, 0.3) is 11.8 Å². The van der Waals surface area contributed by atoms with Crippen molar-refractivity contribution >= 4 is 41.5 Å². The smallest absolute Gasteiger partial charge is 0.335 e. The van der Waals surface area contributed by atoms with E-state index in [-0.39, 0.29) is 47.4 Å². The van der Waals surface area contributed by atoms with Crippen molar-refractivity contribution < 1.29 is 43.2 Å². The molecule has 45 heavy (non-hydrogen) atoms. The average molecular weight is 637 g/mol. The number of barbiturate groups is 1. The van der Waals surface area contributed by atoms with Crippen LogP contribution in [0.3, 0.4) is 0 Å². The summed E-state index contributed by atoms with van der Waals surface area (Å²) in [5.41, 5.74) is 1.55. The molecule has 4 amide bonds. The highest BCUT2D eigenvalue weighted by Crippen LogP contribution is 2.38. The van der Waals surface area contributed by atoms with E-state index in [0.717, 1.165) is 11.3 Å². The Labute approximate surface area is 265 Å². The van der Waals surface area contributed by atoms with E-state index in [4.69, 9.17) is 35.7 Å². The van der Waals surface area contributed by atoms with Crippen LogP contribution in [0.15, 0.2) is 60.2 Å². The summed E-state index contributed by atoms with van der Waals surface area (Å²) in [7, 11) is 0. The van der Waals surface area contributed by atoms with Gasteiger partial charge in [-0.3, -0.25) is 19.8 Å². The molecule has 0 saturated carbocycles. The molecule has 0 radical (unpaired) electrons. The lowest BCUT2D eigenvalue weighted by Gasteiger charge is -2.26. The number of carboxylic acids is 1. The van der Waals surface area contributed by atoms with Crippen LogP contribution in [-0.4, -0.2) is 53.6 Å². The lowest BCUT2D eigenvalue weighted by Crippen LogP contribution is -2.53. The first-order valence-electron chi connectivity index (χ1n) is 14.3.